The first-order valence-electron chi connectivity index (χ1n) is 6.30. The summed E-state index contributed by atoms with van der Waals surface area (Å²) in [6.07, 6.45) is -2.45. The van der Waals surface area contributed by atoms with E-state index in [-0.39, 0.29) is 13.0 Å². The van der Waals surface area contributed by atoms with Gasteiger partial charge in [0.05, 0.1) is 5.56 Å². The van der Waals surface area contributed by atoms with Crippen LogP contribution in [0.2, 0.25) is 0 Å². The van der Waals surface area contributed by atoms with Gasteiger partial charge in [-0.05, 0) is 19.1 Å². The number of amides is 1. The standard InChI is InChI=1S/C14H16N2O5/c1-9(13(18)16-7-6-11(17)14(19)20)21-12-5-3-2-4-10(12)8-15/h2-5,9,11,17H,6-7H2,1H3,(H,16,18)(H,19,20). The minimum Gasteiger partial charge on any atom is -0.480 e. The summed E-state index contributed by atoms with van der Waals surface area (Å²) >= 11 is 0. The molecule has 1 rings (SSSR count). The molecule has 3 N–H and O–H groups in total. The van der Waals surface area contributed by atoms with Crippen LogP contribution in [0.15, 0.2) is 24.3 Å². The number of carbonyl (C=O) groups is 2. The summed E-state index contributed by atoms with van der Waals surface area (Å²) in [5.74, 6) is -1.50. The second kappa shape index (κ2) is 7.87. The predicted molar refractivity (Wildman–Crippen MR) is 72.5 cm³/mol. The molecular formula is C14H16N2O5. The molecule has 0 radical (unpaired) electrons. The number of nitrogens with zero attached hydrogens (tertiary/aromatic N) is 1. The minimum atomic E-state index is -1.51. The fraction of sp³-hybridized carbons (Fsp3) is 0.357. The van der Waals surface area contributed by atoms with E-state index < -0.39 is 24.1 Å². The van der Waals surface area contributed by atoms with E-state index in [0.717, 1.165) is 0 Å². The molecular weight excluding hydrogens is 276 g/mol. The van der Waals surface area contributed by atoms with Gasteiger partial charge in [0.2, 0.25) is 0 Å². The van der Waals surface area contributed by atoms with Gasteiger partial charge in [-0.25, -0.2) is 4.79 Å². The summed E-state index contributed by atoms with van der Waals surface area (Å²) in [6, 6.07) is 8.48. The summed E-state index contributed by atoms with van der Waals surface area (Å²) in [4.78, 5) is 22.2. The first-order chi connectivity index (χ1) is 9.95. The van der Waals surface area contributed by atoms with Crippen LogP contribution >= 0.6 is 0 Å². The number of aliphatic hydroxyl groups is 1. The molecule has 1 aromatic carbocycles. The van der Waals surface area contributed by atoms with Crippen molar-refractivity contribution in [3.8, 4) is 11.8 Å². The third kappa shape index (κ3) is 5.12. The maximum absolute atomic E-state index is 11.8. The van der Waals surface area contributed by atoms with Crippen LogP contribution in [0.4, 0.5) is 0 Å². The Bertz CT molecular complexity index is 553. The van der Waals surface area contributed by atoms with Gasteiger partial charge in [0.1, 0.15) is 11.8 Å². The van der Waals surface area contributed by atoms with E-state index in [1.54, 1.807) is 24.3 Å². The SMILES string of the molecule is CC(Oc1ccccc1C#N)C(=O)NCCC(O)C(=O)O. The van der Waals surface area contributed by atoms with Gasteiger partial charge in [-0.15, -0.1) is 0 Å². The number of ether oxygens (including phenoxy) is 1. The smallest absolute Gasteiger partial charge is 0.332 e. The lowest BCUT2D eigenvalue weighted by Gasteiger charge is -2.15. The fourth-order valence-electron chi connectivity index (χ4n) is 1.51. The Balaban J connectivity index is 2.48. The quantitative estimate of drug-likeness (QED) is 0.664. The molecule has 1 amide bonds. The van der Waals surface area contributed by atoms with Crippen molar-refractivity contribution in [1.29, 1.82) is 5.26 Å². The number of para-hydroxylation sites is 1. The summed E-state index contributed by atoms with van der Waals surface area (Å²) in [5, 5.41) is 28.9. The van der Waals surface area contributed by atoms with E-state index in [1.807, 2.05) is 6.07 Å². The number of hydrogen-bond donors (Lipinski definition) is 3. The Labute approximate surface area is 121 Å². The van der Waals surface area contributed by atoms with Gasteiger partial charge in [0.25, 0.3) is 5.91 Å². The molecule has 0 aromatic heterocycles. The zero-order valence-corrected chi connectivity index (χ0v) is 11.4. The lowest BCUT2D eigenvalue weighted by Crippen LogP contribution is -2.38. The third-order valence-electron chi connectivity index (χ3n) is 2.68. The van der Waals surface area contributed by atoms with Crippen LogP contribution in [0.3, 0.4) is 0 Å². The first-order valence-corrected chi connectivity index (χ1v) is 6.30. The van der Waals surface area contributed by atoms with E-state index in [9.17, 15) is 9.59 Å². The van der Waals surface area contributed by atoms with E-state index in [0.29, 0.717) is 11.3 Å². The highest BCUT2D eigenvalue weighted by Crippen LogP contribution is 2.18. The molecule has 2 atom stereocenters. The normalized spacial score (nSPS) is 12.8. The summed E-state index contributed by atoms with van der Waals surface area (Å²) in [6.45, 7) is 1.52. The lowest BCUT2D eigenvalue weighted by atomic mass is 10.2. The molecule has 0 fully saturated rings. The average Bonchev–Trinajstić information content (AvgIpc) is 2.47. The molecule has 0 saturated carbocycles. The second-order valence-corrected chi connectivity index (χ2v) is 4.30. The number of hydrogen-bond acceptors (Lipinski definition) is 5. The number of carbonyl (C=O) groups excluding carboxylic acids is 1. The van der Waals surface area contributed by atoms with Gasteiger partial charge < -0.3 is 20.3 Å². The largest absolute Gasteiger partial charge is 0.480 e. The zero-order chi connectivity index (χ0) is 15.8. The van der Waals surface area contributed by atoms with Crippen LogP contribution in [0, 0.1) is 11.3 Å². The number of nitriles is 1. The van der Waals surface area contributed by atoms with Crippen LogP contribution in [0.1, 0.15) is 18.9 Å². The number of rotatable bonds is 7. The van der Waals surface area contributed by atoms with Crippen LogP contribution in [0.5, 0.6) is 5.75 Å². The maximum Gasteiger partial charge on any atom is 0.332 e. The lowest BCUT2D eigenvalue weighted by molar-refractivity contribution is -0.147. The molecule has 2 unspecified atom stereocenters. The highest BCUT2D eigenvalue weighted by atomic mass is 16.5. The number of carboxylic acids is 1. The highest BCUT2D eigenvalue weighted by molar-refractivity contribution is 5.80. The Hall–Kier alpha value is -2.59. The Morgan fingerprint density at radius 1 is 1.43 bits per heavy atom. The van der Waals surface area contributed by atoms with Crippen molar-refractivity contribution in [2.24, 2.45) is 0 Å². The van der Waals surface area contributed by atoms with E-state index in [4.69, 9.17) is 20.2 Å². The predicted octanol–water partition coefficient (Wildman–Crippen LogP) is 0.277. The maximum atomic E-state index is 11.8. The number of carboxylic acid groups (broad SMARTS) is 1. The fourth-order valence-corrected chi connectivity index (χ4v) is 1.51. The molecule has 0 heterocycles. The van der Waals surface area contributed by atoms with Gasteiger partial charge in [-0.1, -0.05) is 12.1 Å². The Kier molecular flexibility index (Phi) is 6.17. The Morgan fingerprint density at radius 3 is 2.71 bits per heavy atom. The molecule has 0 saturated heterocycles. The van der Waals surface area contributed by atoms with Gasteiger partial charge in [0.15, 0.2) is 12.2 Å². The average molecular weight is 292 g/mol. The van der Waals surface area contributed by atoms with Crippen molar-refractivity contribution >= 4 is 11.9 Å². The summed E-state index contributed by atoms with van der Waals surface area (Å²) in [5.41, 5.74) is 0.318. The van der Waals surface area contributed by atoms with Crippen molar-refractivity contribution in [2.45, 2.75) is 25.6 Å². The monoisotopic (exact) mass is 292 g/mol. The molecule has 21 heavy (non-hydrogen) atoms. The summed E-state index contributed by atoms with van der Waals surface area (Å²) in [7, 11) is 0. The van der Waals surface area contributed by atoms with Gasteiger partial charge in [0, 0.05) is 13.0 Å². The molecule has 7 nitrogen and oxygen atoms in total. The van der Waals surface area contributed by atoms with Crippen LogP contribution in [-0.4, -0.2) is 40.8 Å². The molecule has 0 aliphatic heterocycles. The molecule has 0 aliphatic carbocycles. The molecule has 0 spiro atoms. The highest BCUT2D eigenvalue weighted by Gasteiger charge is 2.17. The van der Waals surface area contributed by atoms with Crippen LogP contribution in [0.25, 0.3) is 0 Å². The molecule has 1 aromatic rings. The molecule has 0 aliphatic rings. The summed E-state index contributed by atoms with van der Waals surface area (Å²) < 4.78 is 5.39. The van der Waals surface area contributed by atoms with Crippen molar-refractivity contribution in [3.63, 3.8) is 0 Å². The molecule has 7 heteroatoms. The zero-order valence-electron chi connectivity index (χ0n) is 11.4. The number of nitrogens with one attached hydrogen (secondary N) is 1. The van der Waals surface area contributed by atoms with Crippen LogP contribution in [-0.2, 0) is 9.59 Å². The van der Waals surface area contributed by atoms with E-state index in [2.05, 4.69) is 5.32 Å². The number of benzene rings is 1. The van der Waals surface area contributed by atoms with Gasteiger partial charge in [-0.2, -0.15) is 5.26 Å². The molecule has 112 valence electrons. The van der Waals surface area contributed by atoms with Crippen molar-refractivity contribution < 1.29 is 24.5 Å². The van der Waals surface area contributed by atoms with Crippen LogP contribution < -0.4 is 10.1 Å². The minimum absolute atomic E-state index is 0.0138. The van der Waals surface area contributed by atoms with Gasteiger partial charge in [-0.3, -0.25) is 4.79 Å². The second-order valence-electron chi connectivity index (χ2n) is 4.30. The topological polar surface area (TPSA) is 120 Å². The van der Waals surface area contributed by atoms with E-state index >= 15 is 0 Å². The number of aliphatic carboxylic acids is 1. The third-order valence-corrected chi connectivity index (χ3v) is 2.68. The Morgan fingerprint density at radius 2 is 2.10 bits per heavy atom. The number of aliphatic hydroxyl groups excluding tert-OH is 1. The van der Waals surface area contributed by atoms with Crippen molar-refractivity contribution in [3.05, 3.63) is 29.8 Å². The van der Waals surface area contributed by atoms with Gasteiger partial charge >= 0.3 is 5.97 Å². The first kappa shape index (κ1) is 16.5. The van der Waals surface area contributed by atoms with Crippen molar-refractivity contribution in [2.75, 3.05) is 6.54 Å². The van der Waals surface area contributed by atoms with Crippen molar-refractivity contribution in [1.82, 2.24) is 5.32 Å². The van der Waals surface area contributed by atoms with E-state index in [1.165, 1.54) is 6.92 Å². The molecule has 0 bridgehead atoms.